The summed E-state index contributed by atoms with van der Waals surface area (Å²) in [4.78, 5) is 28.0. The number of nitrogens with zero attached hydrogens (tertiary/aromatic N) is 2. The number of ether oxygens (including phenoxy) is 1. The van der Waals surface area contributed by atoms with Crippen LogP contribution in [0.3, 0.4) is 0 Å². The Bertz CT molecular complexity index is 349. The number of hydrogen-bond acceptors (Lipinski definition) is 5. The van der Waals surface area contributed by atoms with Crippen LogP contribution in [0.5, 0.6) is 0 Å². The van der Waals surface area contributed by atoms with E-state index in [1.54, 1.807) is 26.1 Å². The number of piperazine rings is 1. The third-order valence-corrected chi connectivity index (χ3v) is 3.71. The van der Waals surface area contributed by atoms with Crippen LogP contribution in [-0.4, -0.2) is 87.7 Å². The highest BCUT2D eigenvalue weighted by Gasteiger charge is 2.35. The molecule has 1 fully saturated rings. The Balaban J connectivity index is 2.57. The van der Waals surface area contributed by atoms with Crippen LogP contribution in [0, 0.1) is 0 Å². The van der Waals surface area contributed by atoms with Crippen molar-refractivity contribution in [3.63, 3.8) is 0 Å². The minimum atomic E-state index is -0.316. The molecular formula is C14H28N4O3. The third kappa shape index (κ3) is 5.26. The molecule has 0 aliphatic carbocycles. The molecule has 7 nitrogen and oxygen atoms in total. The molecule has 1 aliphatic rings. The van der Waals surface area contributed by atoms with Crippen molar-refractivity contribution >= 4 is 11.8 Å². The highest BCUT2D eigenvalue weighted by atomic mass is 16.5. The molecule has 122 valence electrons. The lowest BCUT2D eigenvalue weighted by atomic mass is 10.1. The van der Waals surface area contributed by atoms with Crippen LogP contribution >= 0.6 is 0 Å². The first-order chi connectivity index (χ1) is 9.99. The van der Waals surface area contributed by atoms with Crippen LogP contribution in [0.25, 0.3) is 0 Å². The highest BCUT2D eigenvalue weighted by Crippen LogP contribution is 2.11. The number of nitrogens with one attached hydrogen (secondary N) is 2. The van der Waals surface area contributed by atoms with Crippen LogP contribution < -0.4 is 10.6 Å². The minimum Gasteiger partial charge on any atom is -0.385 e. The summed E-state index contributed by atoms with van der Waals surface area (Å²) in [5, 5.41) is 6.11. The van der Waals surface area contributed by atoms with Gasteiger partial charge in [-0.2, -0.15) is 0 Å². The second-order valence-corrected chi connectivity index (χ2v) is 5.50. The van der Waals surface area contributed by atoms with E-state index < -0.39 is 0 Å². The summed E-state index contributed by atoms with van der Waals surface area (Å²) in [6.45, 7) is 5.14. The zero-order chi connectivity index (χ0) is 15.8. The van der Waals surface area contributed by atoms with Gasteiger partial charge in [0.25, 0.3) is 0 Å². The largest absolute Gasteiger partial charge is 0.385 e. The molecule has 7 heteroatoms. The number of carbonyl (C=O) groups excluding carboxylic acids is 2. The van der Waals surface area contributed by atoms with E-state index in [1.807, 2.05) is 11.8 Å². The van der Waals surface area contributed by atoms with Gasteiger partial charge in [0.2, 0.25) is 11.8 Å². The van der Waals surface area contributed by atoms with Crippen LogP contribution in [0.4, 0.5) is 0 Å². The Morgan fingerprint density at radius 2 is 2.19 bits per heavy atom. The predicted molar refractivity (Wildman–Crippen MR) is 81.0 cm³/mol. The average Bonchev–Trinajstić information content (AvgIpc) is 2.49. The topological polar surface area (TPSA) is 73.9 Å². The fourth-order valence-electron chi connectivity index (χ4n) is 2.44. The molecule has 0 aromatic carbocycles. The molecule has 2 unspecified atom stereocenters. The summed E-state index contributed by atoms with van der Waals surface area (Å²) in [6, 6.07) is -0.600. The number of amides is 2. The number of likely N-dealkylation sites (N-methyl/N-ethyl adjacent to an activating group) is 1. The van der Waals surface area contributed by atoms with E-state index in [0.29, 0.717) is 26.2 Å². The van der Waals surface area contributed by atoms with Crippen molar-refractivity contribution in [2.45, 2.75) is 25.4 Å². The molecule has 0 aromatic rings. The van der Waals surface area contributed by atoms with Gasteiger partial charge in [-0.3, -0.25) is 14.5 Å². The van der Waals surface area contributed by atoms with Crippen molar-refractivity contribution in [2.24, 2.45) is 0 Å². The van der Waals surface area contributed by atoms with Crippen LogP contribution in [0.15, 0.2) is 0 Å². The molecule has 0 saturated carbocycles. The first kappa shape index (κ1) is 17.9. The van der Waals surface area contributed by atoms with Crippen LogP contribution in [0.1, 0.15) is 13.3 Å². The summed E-state index contributed by atoms with van der Waals surface area (Å²) in [6.07, 6.45) is 0.788. The van der Waals surface area contributed by atoms with Gasteiger partial charge < -0.3 is 20.3 Å². The second kappa shape index (κ2) is 8.96. The Kier molecular flexibility index (Phi) is 7.63. The Labute approximate surface area is 127 Å². The second-order valence-electron chi connectivity index (χ2n) is 5.50. The van der Waals surface area contributed by atoms with Gasteiger partial charge in [-0.1, -0.05) is 0 Å². The molecule has 1 saturated heterocycles. The molecule has 2 atom stereocenters. The van der Waals surface area contributed by atoms with Crippen molar-refractivity contribution in [1.82, 2.24) is 20.4 Å². The molecule has 0 spiro atoms. The van der Waals surface area contributed by atoms with E-state index in [1.165, 1.54) is 0 Å². The van der Waals surface area contributed by atoms with Crippen molar-refractivity contribution < 1.29 is 14.3 Å². The van der Waals surface area contributed by atoms with Gasteiger partial charge in [-0.15, -0.1) is 0 Å². The van der Waals surface area contributed by atoms with E-state index >= 15 is 0 Å². The van der Waals surface area contributed by atoms with E-state index in [9.17, 15) is 9.59 Å². The maximum atomic E-state index is 12.2. The van der Waals surface area contributed by atoms with Gasteiger partial charge >= 0.3 is 0 Å². The summed E-state index contributed by atoms with van der Waals surface area (Å²) < 4.78 is 4.96. The van der Waals surface area contributed by atoms with Crippen LogP contribution in [0.2, 0.25) is 0 Å². The Hall–Kier alpha value is -1.18. The number of carbonyl (C=O) groups is 2. The molecule has 1 heterocycles. The lowest BCUT2D eigenvalue weighted by Gasteiger charge is -2.39. The molecular weight excluding hydrogens is 272 g/mol. The summed E-state index contributed by atoms with van der Waals surface area (Å²) in [5.74, 6) is -0.00853. The van der Waals surface area contributed by atoms with E-state index in [4.69, 9.17) is 4.74 Å². The molecule has 21 heavy (non-hydrogen) atoms. The summed E-state index contributed by atoms with van der Waals surface area (Å²) >= 11 is 0. The maximum Gasteiger partial charge on any atom is 0.240 e. The molecule has 0 radical (unpaired) electrons. The van der Waals surface area contributed by atoms with Gasteiger partial charge in [0.15, 0.2) is 0 Å². The molecule has 0 bridgehead atoms. The van der Waals surface area contributed by atoms with Crippen molar-refractivity contribution in [3.8, 4) is 0 Å². The van der Waals surface area contributed by atoms with Gasteiger partial charge in [-0.05, 0) is 13.3 Å². The van der Waals surface area contributed by atoms with E-state index in [-0.39, 0.29) is 23.9 Å². The third-order valence-electron chi connectivity index (χ3n) is 3.71. The molecule has 2 N–H and O–H groups in total. The van der Waals surface area contributed by atoms with Gasteiger partial charge in [0, 0.05) is 54.0 Å². The first-order valence-corrected chi connectivity index (χ1v) is 7.43. The van der Waals surface area contributed by atoms with Crippen molar-refractivity contribution in [3.05, 3.63) is 0 Å². The van der Waals surface area contributed by atoms with Gasteiger partial charge in [-0.25, -0.2) is 0 Å². The first-order valence-electron chi connectivity index (χ1n) is 7.43. The lowest BCUT2D eigenvalue weighted by molar-refractivity contribution is -0.138. The van der Waals surface area contributed by atoms with E-state index in [0.717, 1.165) is 13.0 Å². The lowest BCUT2D eigenvalue weighted by Crippen LogP contribution is -2.62. The Morgan fingerprint density at radius 3 is 2.81 bits per heavy atom. The molecule has 1 rings (SSSR count). The highest BCUT2D eigenvalue weighted by molar-refractivity contribution is 5.85. The average molecular weight is 300 g/mol. The van der Waals surface area contributed by atoms with Crippen molar-refractivity contribution in [1.29, 1.82) is 0 Å². The van der Waals surface area contributed by atoms with Crippen molar-refractivity contribution in [2.75, 3.05) is 54.0 Å². The van der Waals surface area contributed by atoms with Gasteiger partial charge in [0.05, 0.1) is 6.04 Å². The Morgan fingerprint density at radius 1 is 1.48 bits per heavy atom. The molecule has 2 amide bonds. The van der Waals surface area contributed by atoms with E-state index in [2.05, 4.69) is 10.6 Å². The standard InChI is InChI=1S/C14H28N4O3/c1-11(13(19)16-6-5-9-21-4)18-8-7-15-10-12(18)14(20)17(2)3/h11-12,15H,5-10H2,1-4H3,(H,16,19). The monoisotopic (exact) mass is 300 g/mol. The quantitative estimate of drug-likeness (QED) is 0.583. The fourth-order valence-corrected chi connectivity index (χ4v) is 2.44. The SMILES string of the molecule is COCCCNC(=O)C(C)N1CCNCC1C(=O)N(C)C. The smallest absolute Gasteiger partial charge is 0.240 e. The fraction of sp³-hybridized carbons (Fsp3) is 0.857. The normalized spacial score (nSPS) is 20.9. The van der Waals surface area contributed by atoms with Crippen LogP contribution in [-0.2, 0) is 14.3 Å². The number of rotatable bonds is 7. The number of hydrogen-bond donors (Lipinski definition) is 2. The predicted octanol–water partition coefficient (Wildman–Crippen LogP) is -1.11. The molecule has 1 aliphatic heterocycles. The summed E-state index contributed by atoms with van der Waals surface area (Å²) in [7, 11) is 5.12. The number of methoxy groups -OCH3 is 1. The summed E-state index contributed by atoms with van der Waals surface area (Å²) in [5.41, 5.74) is 0. The van der Waals surface area contributed by atoms with Gasteiger partial charge in [0.1, 0.15) is 6.04 Å². The molecule has 0 aromatic heterocycles. The minimum absolute atomic E-state index is 0.0289. The zero-order valence-corrected chi connectivity index (χ0v) is 13.5. The zero-order valence-electron chi connectivity index (χ0n) is 13.5. The maximum absolute atomic E-state index is 12.2.